The van der Waals surface area contributed by atoms with Crippen LogP contribution in [0.3, 0.4) is 0 Å². The zero-order valence-corrected chi connectivity index (χ0v) is 20.4. The van der Waals surface area contributed by atoms with Crippen molar-refractivity contribution in [3.8, 4) is 0 Å². The number of halogens is 2. The summed E-state index contributed by atoms with van der Waals surface area (Å²) in [7, 11) is 0. The van der Waals surface area contributed by atoms with Gasteiger partial charge in [-0.25, -0.2) is 5.43 Å². The molecule has 4 rings (SSSR count). The van der Waals surface area contributed by atoms with Crippen LogP contribution in [0, 0.1) is 10.5 Å². The maximum absolute atomic E-state index is 12.2. The lowest BCUT2D eigenvalue weighted by Crippen LogP contribution is -2.25. The Morgan fingerprint density at radius 2 is 1.78 bits per heavy atom. The van der Waals surface area contributed by atoms with Crippen molar-refractivity contribution in [2.45, 2.75) is 13.5 Å². The molecule has 0 spiro atoms. The van der Waals surface area contributed by atoms with Gasteiger partial charge in [0.15, 0.2) is 0 Å². The van der Waals surface area contributed by atoms with Crippen molar-refractivity contribution in [1.82, 2.24) is 9.99 Å². The summed E-state index contributed by atoms with van der Waals surface area (Å²) in [5.74, 6) is -0.211. The summed E-state index contributed by atoms with van der Waals surface area (Å²) < 4.78 is 3.36. The molecular weight excluding hydrogens is 535 g/mol. The highest BCUT2D eigenvalue weighted by molar-refractivity contribution is 14.1. The second kappa shape index (κ2) is 10.2. The molecule has 32 heavy (non-hydrogen) atoms. The molecule has 5 nitrogen and oxygen atoms in total. The number of anilines is 1. The maximum atomic E-state index is 12.2. The first-order valence-corrected chi connectivity index (χ1v) is 11.6. The molecule has 0 saturated heterocycles. The van der Waals surface area contributed by atoms with Gasteiger partial charge in [0.2, 0.25) is 0 Å². The van der Waals surface area contributed by atoms with E-state index in [4.69, 9.17) is 11.6 Å². The molecule has 162 valence electrons. The van der Waals surface area contributed by atoms with Gasteiger partial charge >= 0.3 is 0 Å². The number of rotatable bonds is 7. The van der Waals surface area contributed by atoms with Crippen LogP contribution in [0.5, 0.6) is 0 Å². The lowest BCUT2D eigenvalue weighted by molar-refractivity contribution is -0.119. The van der Waals surface area contributed by atoms with Crippen LogP contribution in [-0.2, 0) is 11.3 Å². The Morgan fingerprint density at radius 3 is 2.56 bits per heavy atom. The van der Waals surface area contributed by atoms with Gasteiger partial charge in [0.05, 0.1) is 12.8 Å². The van der Waals surface area contributed by atoms with Crippen molar-refractivity contribution >= 4 is 62.9 Å². The Balaban J connectivity index is 1.49. The van der Waals surface area contributed by atoms with E-state index in [9.17, 15) is 4.79 Å². The van der Waals surface area contributed by atoms with Crippen LogP contribution in [0.25, 0.3) is 10.9 Å². The van der Waals surface area contributed by atoms with Gasteiger partial charge in [-0.15, -0.1) is 0 Å². The average molecular weight is 557 g/mol. The van der Waals surface area contributed by atoms with E-state index >= 15 is 0 Å². The number of hydrogen-bond donors (Lipinski definition) is 2. The molecule has 0 radical (unpaired) electrons. The Bertz CT molecular complexity index is 1280. The van der Waals surface area contributed by atoms with Gasteiger partial charge in [-0.2, -0.15) is 5.10 Å². The summed E-state index contributed by atoms with van der Waals surface area (Å²) in [5.41, 5.74) is 7.68. The summed E-state index contributed by atoms with van der Waals surface area (Å²) in [6.45, 7) is 2.86. The number of nitrogens with zero attached hydrogens (tertiary/aromatic N) is 2. The number of benzene rings is 3. The van der Waals surface area contributed by atoms with Crippen LogP contribution in [0.4, 0.5) is 5.69 Å². The standard InChI is InChI=1S/C25H22ClIN4O/c1-17-22(14-29-30-25(32)15-28-20-12-10-19(27)11-13-20)21-7-3-5-9-24(21)31(17)16-18-6-2-4-8-23(18)26/h2-14,28H,15-16H2,1H3,(H,30,32)/b29-14-. The number of aromatic nitrogens is 1. The highest BCUT2D eigenvalue weighted by Crippen LogP contribution is 2.27. The number of amides is 1. The number of nitrogens with one attached hydrogen (secondary N) is 2. The van der Waals surface area contributed by atoms with Crippen molar-refractivity contribution in [2.75, 3.05) is 11.9 Å². The fourth-order valence-electron chi connectivity index (χ4n) is 3.58. The molecule has 0 unspecified atom stereocenters. The largest absolute Gasteiger partial charge is 0.376 e. The van der Waals surface area contributed by atoms with Crippen LogP contribution >= 0.6 is 34.2 Å². The summed E-state index contributed by atoms with van der Waals surface area (Å²) in [6, 6.07) is 23.9. The third-order valence-corrected chi connectivity index (χ3v) is 6.33. The summed E-state index contributed by atoms with van der Waals surface area (Å²) in [4.78, 5) is 12.2. The van der Waals surface area contributed by atoms with E-state index in [1.807, 2.05) is 60.7 Å². The summed E-state index contributed by atoms with van der Waals surface area (Å²) >= 11 is 8.64. The van der Waals surface area contributed by atoms with Crippen molar-refractivity contribution in [3.05, 3.63) is 98.2 Å². The number of para-hydroxylation sites is 1. The van der Waals surface area contributed by atoms with E-state index in [0.717, 1.165) is 42.0 Å². The molecule has 4 aromatic rings. The van der Waals surface area contributed by atoms with Crippen LogP contribution < -0.4 is 10.7 Å². The first kappa shape index (κ1) is 22.4. The van der Waals surface area contributed by atoms with Crippen LogP contribution in [-0.4, -0.2) is 23.2 Å². The molecule has 0 aliphatic rings. The van der Waals surface area contributed by atoms with Gasteiger partial charge in [0, 0.05) is 43.0 Å². The smallest absolute Gasteiger partial charge is 0.259 e. The van der Waals surface area contributed by atoms with E-state index in [1.165, 1.54) is 0 Å². The number of hydrazone groups is 1. The van der Waals surface area contributed by atoms with E-state index in [-0.39, 0.29) is 12.5 Å². The molecular formula is C25H22ClIN4O. The van der Waals surface area contributed by atoms with Crippen molar-refractivity contribution < 1.29 is 4.79 Å². The first-order valence-electron chi connectivity index (χ1n) is 10.2. The van der Waals surface area contributed by atoms with Crippen LogP contribution in [0.1, 0.15) is 16.8 Å². The molecule has 1 aromatic heterocycles. The molecule has 1 heterocycles. The highest BCUT2D eigenvalue weighted by Gasteiger charge is 2.13. The lowest BCUT2D eigenvalue weighted by Gasteiger charge is -2.10. The van der Waals surface area contributed by atoms with E-state index in [1.54, 1.807) is 6.21 Å². The van der Waals surface area contributed by atoms with Crippen LogP contribution in [0.15, 0.2) is 77.9 Å². The normalized spacial score (nSPS) is 11.2. The third-order valence-electron chi connectivity index (χ3n) is 5.25. The number of carbonyl (C=O) groups excluding carboxylic acids is 1. The molecule has 0 bridgehead atoms. The number of carbonyl (C=O) groups is 1. The van der Waals surface area contributed by atoms with Gasteiger partial charge in [-0.05, 0) is 71.5 Å². The highest BCUT2D eigenvalue weighted by atomic mass is 127. The zero-order valence-electron chi connectivity index (χ0n) is 17.5. The van der Waals surface area contributed by atoms with Gasteiger partial charge < -0.3 is 9.88 Å². The summed E-state index contributed by atoms with van der Waals surface area (Å²) in [6.07, 6.45) is 1.71. The van der Waals surface area contributed by atoms with Gasteiger partial charge in [0.1, 0.15) is 0 Å². The topological polar surface area (TPSA) is 58.4 Å². The fraction of sp³-hybridized carbons (Fsp3) is 0.120. The molecule has 7 heteroatoms. The third kappa shape index (κ3) is 5.14. The zero-order chi connectivity index (χ0) is 22.5. The Morgan fingerprint density at radius 1 is 1.06 bits per heavy atom. The fourth-order valence-corrected chi connectivity index (χ4v) is 4.13. The quantitative estimate of drug-likeness (QED) is 0.171. The predicted molar refractivity (Wildman–Crippen MR) is 141 cm³/mol. The van der Waals surface area contributed by atoms with Gasteiger partial charge in [-0.3, -0.25) is 4.79 Å². The van der Waals surface area contributed by atoms with E-state index < -0.39 is 0 Å². The molecule has 3 aromatic carbocycles. The SMILES string of the molecule is Cc1c(/C=N\NC(=O)CNc2ccc(I)cc2)c2ccccc2n1Cc1ccccc1Cl. The Hall–Kier alpha value is -2.84. The minimum Gasteiger partial charge on any atom is -0.376 e. The molecule has 0 fully saturated rings. The minimum atomic E-state index is -0.211. The van der Waals surface area contributed by atoms with Crippen LogP contribution in [0.2, 0.25) is 5.02 Å². The average Bonchev–Trinajstić information content (AvgIpc) is 3.06. The molecule has 0 aliphatic heterocycles. The first-order chi connectivity index (χ1) is 15.5. The van der Waals surface area contributed by atoms with Crippen molar-refractivity contribution in [3.63, 3.8) is 0 Å². The maximum Gasteiger partial charge on any atom is 0.259 e. The molecule has 1 amide bonds. The Labute approximate surface area is 205 Å². The monoisotopic (exact) mass is 556 g/mol. The Kier molecular flexibility index (Phi) is 7.12. The lowest BCUT2D eigenvalue weighted by atomic mass is 10.1. The molecule has 0 atom stereocenters. The van der Waals surface area contributed by atoms with Gasteiger partial charge in [0.25, 0.3) is 5.91 Å². The van der Waals surface area contributed by atoms with E-state index in [2.05, 4.69) is 62.1 Å². The van der Waals surface area contributed by atoms with Crippen molar-refractivity contribution in [1.29, 1.82) is 0 Å². The second-order valence-corrected chi connectivity index (χ2v) is 9.00. The second-order valence-electron chi connectivity index (χ2n) is 7.35. The number of hydrogen-bond acceptors (Lipinski definition) is 3. The molecule has 0 saturated carbocycles. The van der Waals surface area contributed by atoms with Crippen molar-refractivity contribution in [2.24, 2.45) is 5.10 Å². The van der Waals surface area contributed by atoms with Gasteiger partial charge in [-0.1, -0.05) is 48.0 Å². The van der Waals surface area contributed by atoms with E-state index in [0.29, 0.717) is 6.54 Å². The molecule has 2 N–H and O–H groups in total. The predicted octanol–water partition coefficient (Wildman–Crippen LogP) is 5.82. The number of fused-ring (bicyclic) bond motifs is 1. The minimum absolute atomic E-state index is 0.144. The summed E-state index contributed by atoms with van der Waals surface area (Å²) in [5, 5.41) is 9.12. The molecule has 0 aliphatic carbocycles.